The zero-order valence-corrected chi connectivity index (χ0v) is 12.0. The van der Waals surface area contributed by atoms with E-state index in [1.54, 1.807) is 12.1 Å². The molecule has 0 aliphatic rings. The van der Waals surface area contributed by atoms with Gasteiger partial charge in [-0.3, -0.25) is 4.79 Å². The predicted octanol–water partition coefficient (Wildman–Crippen LogP) is -0.663. The highest BCUT2D eigenvalue weighted by molar-refractivity contribution is 7.88. The van der Waals surface area contributed by atoms with Crippen molar-refractivity contribution in [1.29, 1.82) is 0 Å². The molecule has 104 valence electrons. The van der Waals surface area contributed by atoms with Crippen molar-refractivity contribution in [3.63, 3.8) is 0 Å². The minimum Gasteiger partial charge on any atom is -0.350 e. The van der Waals surface area contributed by atoms with Gasteiger partial charge in [0, 0.05) is 13.1 Å². The largest absolute Gasteiger partial charge is 0.350 e. The van der Waals surface area contributed by atoms with E-state index in [-0.39, 0.29) is 25.5 Å². The number of thiophene rings is 1. The van der Waals surface area contributed by atoms with Crippen LogP contribution in [0, 0.1) is 11.8 Å². The highest BCUT2D eigenvalue weighted by atomic mass is 32.2. The van der Waals surface area contributed by atoms with Crippen molar-refractivity contribution in [2.24, 2.45) is 5.73 Å². The normalized spacial score (nSPS) is 10.6. The lowest BCUT2D eigenvalue weighted by atomic mass is 10.4. The number of amides is 1. The fraction of sp³-hybridized carbons (Fsp3) is 0.364. The zero-order chi connectivity index (χ0) is 14.3. The topological polar surface area (TPSA) is 101 Å². The molecule has 1 aromatic heterocycles. The monoisotopic (exact) mass is 301 g/mol. The van der Waals surface area contributed by atoms with Crippen LogP contribution < -0.4 is 15.8 Å². The maximum Gasteiger partial charge on any atom is 0.261 e. The third-order valence-electron chi connectivity index (χ3n) is 1.92. The third-order valence-corrected chi connectivity index (χ3v) is 3.65. The molecule has 0 aliphatic heterocycles. The average molecular weight is 301 g/mol. The minimum absolute atomic E-state index is 0.162. The maximum atomic E-state index is 11.7. The van der Waals surface area contributed by atoms with E-state index in [1.165, 1.54) is 11.3 Å². The molecule has 0 spiro atoms. The van der Waals surface area contributed by atoms with Crippen LogP contribution in [-0.2, 0) is 10.0 Å². The van der Waals surface area contributed by atoms with Gasteiger partial charge in [0.1, 0.15) is 0 Å². The number of carbonyl (C=O) groups is 1. The quantitative estimate of drug-likeness (QED) is 0.496. The number of rotatable bonds is 5. The van der Waals surface area contributed by atoms with Gasteiger partial charge >= 0.3 is 0 Å². The van der Waals surface area contributed by atoms with Crippen LogP contribution in [0.2, 0.25) is 0 Å². The molecule has 0 fully saturated rings. The van der Waals surface area contributed by atoms with E-state index in [1.807, 2.05) is 0 Å². The van der Waals surface area contributed by atoms with Gasteiger partial charge in [0.15, 0.2) is 0 Å². The lowest BCUT2D eigenvalue weighted by molar-refractivity contribution is 0.0958. The first-order valence-corrected chi connectivity index (χ1v) is 8.15. The van der Waals surface area contributed by atoms with Gasteiger partial charge in [-0.15, -0.1) is 11.3 Å². The number of carbonyl (C=O) groups excluding carboxylic acids is 1. The molecule has 1 rings (SSSR count). The molecule has 0 aromatic carbocycles. The number of hydrogen-bond donors (Lipinski definition) is 3. The zero-order valence-electron chi connectivity index (χ0n) is 10.4. The first-order chi connectivity index (χ1) is 8.92. The summed E-state index contributed by atoms with van der Waals surface area (Å²) in [4.78, 5) is 13.0. The maximum absolute atomic E-state index is 11.7. The molecule has 0 saturated heterocycles. The van der Waals surface area contributed by atoms with Crippen LogP contribution in [0.3, 0.4) is 0 Å². The van der Waals surface area contributed by atoms with Crippen LogP contribution in [-0.4, -0.2) is 40.2 Å². The van der Waals surface area contributed by atoms with Crippen LogP contribution in [0.5, 0.6) is 0 Å². The van der Waals surface area contributed by atoms with Gasteiger partial charge in [0.2, 0.25) is 10.0 Å². The molecule has 0 aliphatic carbocycles. The molecule has 0 radical (unpaired) electrons. The number of sulfonamides is 1. The van der Waals surface area contributed by atoms with E-state index in [0.29, 0.717) is 4.88 Å². The number of hydrogen-bond acceptors (Lipinski definition) is 5. The second kappa shape index (κ2) is 7.25. The molecule has 4 N–H and O–H groups in total. The van der Waals surface area contributed by atoms with E-state index in [2.05, 4.69) is 21.9 Å². The summed E-state index contributed by atoms with van der Waals surface area (Å²) < 4.78 is 23.9. The fourth-order valence-corrected chi connectivity index (χ4v) is 2.43. The predicted molar refractivity (Wildman–Crippen MR) is 75.4 cm³/mol. The smallest absolute Gasteiger partial charge is 0.261 e. The highest BCUT2D eigenvalue weighted by Gasteiger charge is 2.08. The van der Waals surface area contributed by atoms with Gasteiger partial charge in [-0.25, -0.2) is 13.1 Å². The van der Waals surface area contributed by atoms with Crippen molar-refractivity contribution in [2.75, 3.05) is 25.9 Å². The number of nitrogens with two attached hydrogens (primary N) is 1. The van der Waals surface area contributed by atoms with Gasteiger partial charge in [0.25, 0.3) is 5.91 Å². The van der Waals surface area contributed by atoms with Crippen molar-refractivity contribution < 1.29 is 13.2 Å². The van der Waals surface area contributed by atoms with Crippen LogP contribution in [0.4, 0.5) is 0 Å². The van der Waals surface area contributed by atoms with Gasteiger partial charge < -0.3 is 11.1 Å². The van der Waals surface area contributed by atoms with E-state index >= 15 is 0 Å². The highest BCUT2D eigenvalue weighted by Crippen LogP contribution is 2.14. The molecular formula is C11H15N3O3S2. The summed E-state index contributed by atoms with van der Waals surface area (Å²) in [5.41, 5.74) is 5.25. The van der Waals surface area contributed by atoms with Crippen LogP contribution in [0.1, 0.15) is 14.5 Å². The molecule has 0 atom stereocenters. The van der Waals surface area contributed by atoms with Crippen LogP contribution in [0.15, 0.2) is 12.1 Å². The molecule has 0 saturated carbocycles. The molecule has 8 heteroatoms. The van der Waals surface area contributed by atoms with E-state index in [4.69, 9.17) is 5.73 Å². The molecule has 0 unspecified atom stereocenters. The lowest BCUT2D eigenvalue weighted by Crippen LogP contribution is -2.33. The Bertz CT molecular complexity index is 596. The lowest BCUT2D eigenvalue weighted by Gasteiger charge is -2.03. The Kier molecular flexibility index (Phi) is 5.98. The summed E-state index contributed by atoms with van der Waals surface area (Å²) in [6.07, 6.45) is 1.07. The summed E-state index contributed by atoms with van der Waals surface area (Å²) in [6, 6.07) is 3.42. The average Bonchev–Trinajstić information content (AvgIpc) is 2.79. The van der Waals surface area contributed by atoms with Crippen molar-refractivity contribution in [2.45, 2.75) is 0 Å². The molecule has 19 heavy (non-hydrogen) atoms. The molecule has 1 heterocycles. The van der Waals surface area contributed by atoms with E-state index in [0.717, 1.165) is 11.1 Å². The van der Waals surface area contributed by atoms with Crippen LogP contribution in [0.25, 0.3) is 0 Å². The van der Waals surface area contributed by atoms with Crippen molar-refractivity contribution in [1.82, 2.24) is 10.0 Å². The van der Waals surface area contributed by atoms with Gasteiger partial charge in [0.05, 0.1) is 22.6 Å². The molecular weight excluding hydrogens is 286 g/mol. The Labute approximate surface area is 116 Å². The molecule has 1 aromatic rings. The summed E-state index contributed by atoms with van der Waals surface area (Å²) in [7, 11) is -3.22. The Balaban J connectivity index is 2.43. The molecule has 0 bridgehead atoms. The first kappa shape index (κ1) is 15.7. The molecule has 6 nitrogen and oxygen atoms in total. The van der Waals surface area contributed by atoms with Gasteiger partial charge in [-0.1, -0.05) is 11.8 Å². The molecule has 1 amide bonds. The summed E-state index contributed by atoms with van der Waals surface area (Å²) in [5, 5.41) is 2.61. The van der Waals surface area contributed by atoms with Crippen molar-refractivity contribution in [3.05, 3.63) is 21.9 Å². The second-order valence-electron chi connectivity index (χ2n) is 3.59. The van der Waals surface area contributed by atoms with Gasteiger partial charge in [-0.2, -0.15) is 0 Å². The third kappa shape index (κ3) is 6.35. The van der Waals surface area contributed by atoms with E-state index < -0.39 is 10.0 Å². The van der Waals surface area contributed by atoms with Gasteiger partial charge in [-0.05, 0) is 12.1 Å². The van der Waals surface area contributed by atoms with Crippen molar-refractivity contribution >= 4 is 27.3 Å². The Morgan fingerprint density at radius 3 is 2.79 bits per heavy atom. The Hall–Kier alpha value is -1.40. The SMILES string of the molecule is CS(=O)(=O)NCCNC(=O)c1ccc(C#CCN)s1. The summed E-state index contributed by atoms with van der Waals surface area (Å²) >= 11 is 1.26. The number of nitrogens with one attached hydrogen (secondary N) is 2. The van der Waals surface area contributed by atoms with Crippen molar-refractivity contribution in [3.8, 4) is 11.8 Å². The Morgan fingerprint density at radius 1 is 1.42 bits per heavy atom. The summed E-state index contributed by atoms with van der Waals surface area (Å²) in [5.74, 6) is 5.30. The minimum atomic E-state index is -3.22. The fourth-order valence-electron chi connectivity index (χ4n) is 1.16. The van der Waals surface area contributed by atoms with Crippen LogP contribution >= 0.6 is 11.3 Å². The standard InChI is InChI=1S/C11H15N3O3S2/c1-19(16,17)14-8-7-13-11(15)10-5-4-9(18-10)3-2-6-12/h4-5,14H,6-8,12H2,1H3,(H,13,15). The van der Waals surface area contributed by atoms with E-state index in [9.17, 15) is 13.2 Å². The Morgan fingerprint density at radius 2 is 2.16 bits per heavy atom. The second-order valence-corrected chi connectivity index (χ2v) is 6.51. The first-order valence-electron chi connectivity index (χ1n) is 5.44. The summed E-state index contributed by atoms with van der Waals surface area (Å²) in [6.45, 7) is 0.667.